The van der Waals surface area contributed by atoms with Gasteiger partial charge in [-0.25, -0.2) is 4.98 Å². The van der Waals surface area contributed by atoms with E-state index in [9.17, 15) is 0 Å². The van der Waals surface area contributed by atoms with E-state index in [0.29, 0.717) is 6.54 Å². The molecule has 110 valence electrons. The summed E-state index contributed by atoms with van der Waals surface area (Å²) in [4.78, 5) is 4.43. The zero-order valence-electron chi connectivity index (χ0n) is 12.4. The van der Waals surface area contributed by atoms with Gasteiger partial charge in [0.1, 0.15) is 0 Å². The Morgan fingerprint density at radius 1 is 1.35 bits per heavy atom. The lowest BCUT2D eigenvalue weighted by atomic mass is 10.3. The van der Waals surface area contributed by atoms with Gasteiger partial charge >= 0.3 is 0 Å². The Hall–Kier alpha value is -1.33. The Balaban J connectivity index is 1.95. The van der Waals surface area contributed by atoms with Gasteiger partial charge < -0.3 is 9.88 Å². The Kier molecular flexibility index (Phi) is 5.20. The number of nitrogens with zero attached hydrogens (tertiary/aromatic N) is 4. The third-order valence-electron chi connectivity index (χ3n) is 3.27. The number of rotatable bonds is 7. The lowest BCUT2D eigenvalue weighted by molar-refractivity contribution is 0.659. The van der Waals surface area contributed by atoms with Gasteiger partial charge in [0.05, 0.1) is 35.0 Å². The van der Waals surface area contributed by atoms with Gasteiger partial charge in [-0.3, -0.25) is 4.68 Å². The normalized spacial score (nSPS) is 11.2. The maximum Gasteiger partial charge on any atom is 0.0953 e. The topological polar surface area (TPSA) is 47.7 Å². The van der Waals surface area contributed by atoms with Crippen LogP contribution >= 0.6 is 11.6 Å². The third kappa shape index (κ3) is 3.61. The van der Waals surface area contributed by atoms with Crippen molar-refractivity contribution in [2.45, 2.75) is 33.2 Å². The molecule has 0 amide bonds. The fraction of sp³-hybridized carbons (Fsp3) is 0.571. The van der Waals surface area contributed by atoms with Crippen LogP contribution in [0.15, 0.2) is 12.5 Å². The summed E-state index contributed by atoms with van der Waals surface area (Å²) >= 11 is 6.26. The van der Waals surface area contributed by atoms with Crippen molar-refractivity contribution in [3.8, 4) is 0 Å². The first-order chi connectivity index (χ1) is 9.61. The van der Waals surface area contributed by atoms with Gasteiger partial charge in [-0.2, -0.15) is 5.10 Å². The van der Waals surface area contributed by atoms with Crippen LogP contribution in [0.2, 0.25) is 5.02 Å². The van der Waals surface area contributed by atoms with Crippen LogP contribution in [0, 0.1) is 6.92 Å². The first-order valence-corrected chi connectivity index (χ1v) is 7.39. The number of halogens is 1. The number of hydrogen-bond acceptors (Lipinski definition) is 3. The van der Waals surface area contributed by atoms with Crippen LogP contribution in [0.25, 0.3) is 0 Å². The summed E-state index contributed by atoms with van der Waals surface area (Å²) in [5, 5.41) is 8.45. The van der Waals surface area contributed by atoms with Gasteiger partial charge in [-0.1, -0.05) is 18.5 Å². The number of aryl methyl sites for hydroxylation is 2. The maximum atomic E-state index is 6.26. The summed E-state index contributed by atoms with van der Waals surface area (Å²) in [7, 11) is 1.92. The molecule has 2 aromatic heterocycles. The van der Waals surface area contributed by atoms with Crippen molar-refractivity contribution < 1.29 is 0 Å². The van der Waals surface area contributed by atoms with Crippen LogP contribution in [0.4, 0.5) is 0 Å². The van der Waals surface area contributed by atoms with Gasteiger partial charge in [0.25, 0.3) is 0 Å². The van der Waals surface area contributed by atoms with Gasteiger partial charge in [-0.05, 0) is 19.9 Å². The molecule has 5 nitrogen and oxygen atoms in total. The predicted molar refractivity (Wildman–Crippen MR) is 81.1 cm³/mol. The first kappa shape index (κ1) is 15.1. The lowest BCUT2D eigenvalue weighted by Gasteiger charge is -2.03. The molecule has 0 radical (unpaired) electrons. The molecular weight excluding hydrogens is 274 g/mol. The Bertz CT molecular complexity index is 558. The molecule has 2 heterocycles. The quantitative estimate of drug-likeness (QED) is 0.797. The standard InChI is InChI=1S/C14H22ClN5/c1-4-6-16-7-5-12-8-20(10-17-12)9-13-14(15)11(2)18-19(13)3/h8,10,16H,4-7,9H2,1-3H3. The zero-order valence-corrected chi connectivity index (χ0v) is 13.1. The molecule has 0 aromatic carbocycles. The molecule has 0 atom stereocenters. The fourth-order valence-corrected chi connectivity index (χ4v) is 2.38. The van der Waals surface area contributed by atoms with E-state index in [2.05, 4.69) is 33.1 Å². The highest BCUT2D eigenvalue weighted by Crippen LogP contribution is 2.20. The molecule has 2 rings (SSSR count). The van der Waals surface area contributed by atoms with Crippen molar-refractivity contribution in [2.75, 3.05) is 13.1 Å². The summed E-state index contributed by atoms with van der Waals surface area (Å²) < 4.78 is 3.89. The average Bonchev–Trinajstić information content (AvgIpc) is 2.96. The summed E-state index contributed by atoms with van der Waals surface area (Å²) in [5.74, 6) is 0. The number of aromatic nitrogens is 4. The third-order valence-corrected chi connectivity index (χ3v) is 3.76. The SMILES string of the molecule is CCCNCCc1cn(Cc2c(Cl)c(C)nn2C)cn1. The van der Waals surface area contributed by atoms with Gasteiger partial charge in [-0.15, -0.1) is 0 Å². The van der Waals surface area contributed by atoms with E-state index in [0.717, 1.165) is 48.0 Å². The summed E-state index contributed by atoms with van der Waals surface area (Å²) in [6, 6.07) is 0. The molecule has 0 bridgehead atoms. The van der Waals surface area contributed by atoms with Gasteiger partial charge in [0.2, 0.25) is 0 Å². The van der Waals surface area contributed by atoms with Crippen molar-refractivity contribution in [3.63, 3.8) is 0 Å². The highest BCUT2D eigenvalue weighted by atomic mass is 35.5. The molecule has 1 N–H and O–H groups in total. The molecule has 0 spiro atoms. The second-order valence-electron chi connectivity index (χ2n) is 5.01. The van der Waals surface area contributed by atoms with E-state index in [1.807, 2.05) is 25.0 Å². The van der Waals surface area contributed by atoms with E-state index < -0.39 is 0 Å². The van der Waals surface area contributed by atoms with Crippen LogP contribution in [0.3, 0.4) is 0 Å². The molecule has 2 aromatic rings. The van der Waals surface area contributed by atoms with E-state index in [1.165, 1.54) is 0 Å². The largest absolute Gasteiger partial charge is 0.331 e. The zero-order chi connectivity index (χ0) is 14.5. The molecule has 0 fully saturated rings. The van der Waals surface area contributed by atoms with Crippen LogP contribution in [0.5, 0.6) is 0 Å². The summed E-state index contributed by atoms with van der Waals surface area (Å²) in [6.45, 7) is 6.82. The minimum absolute atomic E-state index is 0.700. The fourth-order valence-electron chi connectivity index (χ4n) is 2.17. The Morgan fingerprint density at radius 2 is 2.15 bits per heavy atom. The lowest BCUT2D eigenvalue weighted by Crippen LogP contribution is -2.17. The molecule has 6 heteroatoms. The maximum absolute atomic E-state index is 6.26. The molecule has 0 aliphatic rings. The number of imidazole rings is 1. The molecule has 0 aliphatic carbocycles. The predicted octanol–water partition coefficient (Wildman–Crippen LogP) is 2.17. The van der Waals surface area contributed by atoms with Crippen molar-refractivity contribution in [1.82, 2.24) is 24.6 Å². The van der Waals surface area contributed by atoms with Crippen LogP contribution in [-0.2, 0) is 20.0 Å². The van der Waals surface area contributed by atoms with Crippen LogP contribution < -0.4 is 5.32 Å². The number of nitrogens with one attached hydrogen (secondary N) is 1. The molecule has 0 aliphatic heterocycles. The molecule has 0 saturated carbocycles. The molecule has 0 unspecified atom stereocenters. The summed E-state index contributed by atoms with van der Waals surface area (Å²) in [5.41, 5.74) is 2.98. The van der Waals surface area contributed by atoms with Gasteiger partial charge in [0, 0.05) is 26.2 Å². The van der Waals surface area contributed by atoms with Crippen molar-refractivity contribution >= 4 is 11.6 Å². The molecular formula is C14H22ClN5. The molecule has 0 saturated heterocycles. The van der Waals surface area contributed by atoms with E-state index in [-0.39, 0.29) is 0 Å². The van der Waals surface area contributed by atoms with E-state index in [4.69, 9.17) is 11.6 Å². The average molecular weight is 296 g/mol. The van der Waals surface area contributed by atoms with E-state index >= 15 is 0 Å². The minimum atomic E-state index is 0.700. The van der Waals surface area contributed by atoms with Crippen molar-refractivity contribution in [2.24, 2.45) is 7.05 Å². The minimum Gasteiger partial charge on any atom is -0.331 e. The van der Waals surface area contributed by atoms with Crippen LogP contribution in [-0.4, -0.2) is 32.4 Å². The second kappa shape index (κ2) is 6.90. The monoisotopic (exact) mass is 295 g/mol. The smallest absolute Gasteiger partial charge is 0.0953 e. The molecule has 20 heavy (non-hydrogen) atoms. The van der Waals surface area contributed by atoms with Crippen molar-refractivity contribution in [3.05, 3.63) is 34.6 Å². The van der Waals surface area contributed by atoms with Gasteiger partial charge in [0.15, 0.2) is 0 Å². The first-order valence-electron chi connectivity index (χ1n) is 7.01. The van der Waals surface area contributed by atoms with Crippen LogP contribution in [0.1, 0.15) is 30.4 Å². The Labute approximate surface area is 125 Å². The summed E-state index contributed by atoms with van der Waals surface area (Å²) in [6.07, 6.45) is 6.04. The van der Waals surface area contributed by atoms with E-state index in [1.54, 1.807) is 0 Å². The highest BCUT2D eigenvalue weighted by molar-refractivity contribution is 6.31. The van der Waals surface area contributed by atoms with Crippen molar-refractivity contribution in [1.29, 1.82) is 0 Å². The Morgan fingerprint density at radius 3 is 2.80 bits per heavy atom. The number of hydrogen-bond donors (Lipinski definition) is 1. The highest BCUT2D eigenvalue weighted by Gasteiger charge is 2.11. The second-order valence-corrected chi connectivity index (χ2v) is 5.38.